The molecule has 0 amide bonds. The van der Waals surface area contributed by atoms with Crippen LogP contribution in [0.1, 0.15) is 22.9 Å². The van der Waals surface area contributed by atoms with Crippen LogP contribution in [0.2, 0.25) is 0 Å². The molecule has 0 fully saturated rings. The third-order valence-corrected chi connectivity index (χ3v) is 2.55. The molecule has 1 aromatic carbocycles. The summed E-state index contributed by atoms with van der Waals surface area (Å²) < 4.78 is 18.7. The van der Waals surface area contributed by atoms with Gasteiger partial charge in [-0.25, -0.2) is 4.39 Å². The maximum Gasteiger partial charge on any atom is 0.128 e. The first kappa shape index (κ1) is 10.9. The molecule has 0 radical (unpaired) electrons. The van der Waals surface area contributed by atoms with Crippen molar-refractivity contribution in [2.45, 2.75) is 19.4 Å². The van der Waals surface area contributed by atoms with Crippen molar-refractivity contribution in [3.8, 4) is 0 Å². The van der Waals surface area contributed by atoms with Crippen molar-refractivity contribution < 1.29 is 8.81 Å². The number of furan rings is 1. The summed E-state index contributed by atoms with van der Waals surface area (Å²) in [5.74, 6) is 0.512. The standard InChI is InChI=1S/C13H14FNO/c1-9-4-5-12(14)11(7-9)13(15)8-10-3-2-6-16-10/h2-7,13H,8,15H2,1H3. The highest BCUT2D eigenvalue weighted by Gasteiger charge is 2.13. The number of hydrogen-bond donors (Lipinski definition) is 1. The normalized spacial score (nSPS) is 12.7. The Labute approximate surface area is 93.9 Å². The highest BCUT2D eigenvalue weighted by atomic mass is 19.1. The van der Waals surface area contributed by atoms with Gasteiger partial charge in [-0.05, 0) is 25.1 Å². The van der Waals surface area contributed by atoms with E-state index in [0.29, 0.717) is 12.0 Å². The molecule has 2 rings (SSSR count). The van der Waals surface area contributed by atoms with Gasteiger partial charge in [0.25, 0.3) is 0 Å². The average Bonchev–Trinajstić information content (AvgIpc) is 2.74. The topological polar surface area (TPSA) is 39.2 Å². The van der Waals surface area contributed by atoms with Crippen molar-refractivity contribution >= 4 is 0 Å². The van der Waals surface area contributed by atoms with Crippen LogP contribution in [0.5, 0.6) is 0 Å². The van der Waals surface area contributed by atoms with Crippen LogP contribution in [0.3, 0.4) is 0 Å². The predicted molar refractivity (Wildman–Crippen MR) is 60.5 cm³/mol. The second-order valence-corrected chi connectivity index (χ2v) is 3.91. The van der Waals surface area contributed by atoms with Gasteiger partial charge in [0.1, 0.15) is 11.6 Å². The summed E-state index contributed by atoms with van der Waals surface area (Å²) in [6.45, 7) is 1.92. The van der Waals surface area contributed by atoms with Crippen molar-refractivity contribution in [2.75, 3.05) is 0 Å². The van der Waals surface area contributed by atoms with Gasteiger partial charge in [0, 0.05) is 18.0 Å². The van der Waals surface area contributed by atoms with Crippen LogP contribution in [0.15, 0.2) is 41.0 Å². The van der Waals surface area contributed by atoms with Crippen molar-refractivity contribution in [2.24, 2.45) is 5.73 Å². The number of aryl methyl sites for hydroxylation is 1. The highest BCUT2D eigenvalue weighted by Crippen LogP contribution is 2.20. The van der Waals surface area contributed by atoms with Gasteiger partial charge in [0.2, 0.25) is 0 Å². The van der Waals surface area contributed by atoms with Crippen LogP contribution >= 0.6 is 0 Å². The largest absolute Gasteiger partial charge is 0.469 e. The minimum Gasteiger partial charge on any atom is -0.469 e. The van der Waals surface area contributed by atoms with Gasteiger partial charge < -0.3 is 10.2 Å². The van der Waals surface area contributed by atoms with Crippen molar-refractivity contribution in [3.05, 3.63) is 59.3 Å². The zero-order chi connectivity index (χ0) is 11.5. The molecular weight excluding hydrogens is 205 g/mol. The number of hydrogen-bond acceptors (Lipinski definition) is 2. The van der Waals surface area contributed by atoms with Crippen molar-refractivity contribution in [3.63, 3.8) is 0 Å². The molecule has 0 aliphatic rings. The van der Waals surface area contributed by atoms with E-state index in [2.05, 4.69) is 0 Å². The van der Waals surface area contributed by atoms with Gasteiger partial charge in [-0.2, -0.15) is 0 Å². The third kappa shape index (κ3) is 2.31. The zero-order valence-corrected chi connectivity index (χ0v) is 9.11. The summed E-state index contributed by atoms with van der Waals surface area (Å²) in [5.41, 5.74) is 7.50. The molecular formula is C13H14FNO. The Bertz CT molecular complexity index is 465. The molecule has 0 spiro atoms. The van der Waals surface area contributed by atoms with Crippen molar-refractivity contribution in [1.82, 2.24) is 0 Å². The molecule has 1 heterocycles. The Morgan fingerprint density at radius 1 is 1.38 bits per heavy atom. The van der Waals surface area contributed by atoms with Crippen LogP contribution in [0.4, 0.5) is 4.39 Å². The summed E-state index contributed by atoms with van der Waals surface area (Å²) in [4.78, 5) is 0. The second kappa shape index (κ2) is 4.49. The lowest BCUT2D eigenvalue weighted by Gasteiger charge is -2.12. The number of rotatable bonds is 3. The monoisotopic (exact) mass is 219 g/mol. The lowest BCUT2D eigenvalue weighted by molar-refractivity contribution is 0.481. The van der Waals surface area contributed by atoms with Gasteiger partial charge in [-0.3, -0.25) is 0 Å². The molecule has 2 N–H and O–H groups in total. The van der Waals surface area contributed by atoms with E-state index < -0.39 is 0 Å². The van der Waals surface area contributed by atoms with E-state index in [9.17, 15) is 4.39 Å². The van der Waals surface area contributed by atoms with Crippen LogP contribution < -0.4 is 5.73 Å². The van der Waals surface area contributed by atoms with Gasteiger partial charge in [0.05, 0.1) is 6.26 Å². The summed E-state index contributed by atoms with van der Waals surface area (Å²) in [5, 5.41) is 0. The smallest absolute Gasteiger partial charge is 0.128 e. The summed E-state index contributed by atoms with van der Waals surface area (Å²) >= 11 is 0. The minimum atomic E-state index is -0.369. The molecule has 0 aliphatic carbocycles. The summed E-state index contributed by atoms with van der Waals surface area (Å²) in [6, 6.07) is 8.24. The van der Waals surface area contributed by atoms with Crippen LogP contribution in [0, 0.1) is 12.7 Å². The summed E-state index contributed by atoms with van der Waals surface area (Å²) in [7, 11) is 0. The van der Waals surface area contributed by atoms with Crippen molar-refractivity contribution in [1.29, 1.82) is 0 Å². The number of nitrogens with two attached hydrogens (primary N) is 1. The Kier molecular flexibility index (Phi) is 3.06. The minimum absolute atomic E-state index is 0.260. The first-order chi connectivity index (χ1) is 7.66. The lowest BCUT2D eigenvalue weighted by atomic mass is 10.0. The SMILES string of the molecule is Cc1ccc(F)c(C(N)Cc2ccco2)c1. The molecule has 1 atom stereocenters. The molecule has 0 bridgehead atoms. The fourth-order valence-electron chi connectivity index (χ4n) is 1.70. The number of halogens is 1. The van der Waals surface area contributed by atoms with E-state index in [0.717, 1.165) is 11.3 Å². The molecule has 0 saturated carbocycles. The van der Waals surface area contributed by atoms with E-state index in [4.69, 9.17) is 10.2 Å². The zero-order valence-electron chi connectivity index (χ0n) is 9.11. The molecule has 2 aromatic rings. The Morgan fingerprint density at radius 2 is 2.19 bits per heavy atom. The fraction of sp³-hybridized carbons (Fsp3) is 0.231. The lowest BCUT2D eigenvalue weighted by Crippen LogP contribution is -2.14. The first-order valence-corrected chi connectivity index (χ1v) is 5.21. The first-order valence-electron chi connectivity index (χ1n) is 5.21. The predicted octanol–water partition coefficient (Wildman–Crippen LogP) is 2.97. The Morgan fingerprint density at radius 3 is 2.88 bits per heavy atom. The molecule has 1 aromatic heterocycles. The summed E-state index contributed by atoms with van der Waals surface area (Å²) in [6.07, 6.45) is 2.10. The van der Waals surface area contributed by atoms with E-state index in [1.165, 1.54) is 6.07 Å². The van der Waals surface area contributed by atoms with E-state index in [1.54, 1.807) is 24.5 Å². The maximum atomic E-state index is 13.5. The molecule has 0 aliphatic heterocycles. The number of benzene rings is 1. The van der Waals surface area contributed by atoms with Gasteiger partial charge >= 0.3 is 0 Å². The van der Waals surface area contributed by atoms with E-state index in [1.807, 2.05) is 13.0 Å². The van der Waals surface area contributed by atoms with Gasteiger partial charge in [-0.1, -0.05) is 17.7 Å². The quantitative estimate of drug-likeness (QED) is 0.861. The fourth-order valence-corrected chi connectivity index (χ4v) is 1.70. The average molecular weight is 219 g/mol. The molecule has 3 heteroatoms. The molecule has 16 heavy (non-hydrogen) atoms. The van der Waals surface area contributed by atoms with Gasteiger partial charge in [-0.15, -0.1) is 0 Å². The Balaban J connectivity index is 2.20. The molecule has 0 saturated heterocycles. The maximum absolute atomic E-state index is 13.5. The molecule has 1 unspecified atom stereocenters. The van der Waals surface area contributed by atoms with Crippen LogP contribution in [-0.2, 0) is 6.42 Å². The molecule has 84 valence electrons. The third-order valence-electron chi connectivity index (χ3n) is 2.55. The van der Waals surface area contributed by atoms with Crippen LogP contribution in [-0.4, -0.2) is 0 Å². The van der Waals surface area contributed by atoms with Gasteiger partial charge in [0.15, 0.2) is 0 Å². The highest BCUT2D eigenvalue weighted by molar-refractivity contribution is 5.27. The Hall–Kier alpha value is -1.61. The second-order valence-electron chi connectivity index (χ2n) is 3.91. The van der Waals surface area contributed by atoms with E-state index >= 15 is 0 Å². The van der Waals surface area contributed by atoms with E-state index in [-0.39, 0.29) is 11.9 Å². The van der Waals surface area contributed by atoms with Crippen LogP contribution in [0.25, 0.3) is 0 Å². The molecule has 2 nitrogen and oxygen atoms in total.